The molecule has 8 heteroatoms. The van der Waals surface area contributed by atoms with Crippen molar-refractivity contribution in [3.8, 4) is 0 Å². The van der Waals surface area contributed by atoms with Crippen LogP contribution in [-0.2, 0) is 9.53 Å². The van der Waals surface area contributed by atoms with Gasteiger partial charge in [-0.25, -0.2) is 9.78 Å². The smallest absolute Gasteiger partial charge is 0.340 e. The first kappa shape index (κ1) is 17.5. The third-order valence-electron chi connectivity index (χ3n) is 2.78. The predicted molar refractivity (Wildman–Crippen MR) is 89.2 cm³/mol. The number of halogens is 3. The van der Waals surface area contributed by atoms with E-state index in [4.69, 9.17) is 39.5 Å². The second kappa shape index (κ2) is 7.64. The number of nitrogens with one attached hydrogen (secondary N) is 1. The average Bonchev–Trinajstić information content (AvgIpc) is 2.49. The van der Waals surface area contributed by atoms with Crippen LogP contribution in [0, 0.1) is 0 Å². The number of hydrogen-bond donors (Lipinski definition) is 1. The number of pyridine rings is 1. The van der Waals surface area contributed by atoms with E-state index in [0.29, 0.717) is 10.7 Å². The van der Waals surface area contributed by atoms with Gasteiger partial charge in [-0.15, -0.1) is 0 Å². The summed E-state index contributed by atoms with van der Waals surface area (Å²) in [5, 5.41) is 3.28. The van der Waals surface area contributed by atoms with Crippen molar-refractivity contribution in [2.45, 2.75) is 13.0 Å². The highest BCUT2D eigenvalue weighted by atomic mass is 35.5. The highest BCUT2D eigenvalue weighted by molar-refractivity contribution is 6.41. The number of amides is 1. The van der Waals surface area contributed by atoms with Crippen LogP contribution < -0.4 is 5.32 Å². The molecule has 0 aliphatic rings. The minimum Gasteiger partial charge on any atom is -0.449 e. The fourth-order valence-corrected chi connectivity index (χ4v) is 2.09. The van der Waals surface area contributed by atoms with Crippen molar-refractivity contribution in [2.75, 3.05) is 5.32 Å². The van der Waals surface area contributed by atoms with Crippen LogP contribution in [0.3, 0.4) is 0 Å². The van der Waals surface area contributed by atoms with Crippen molar-refractivity contribution in [1.82, 2.24) is 4.98 Å². The van der Waals surface area contributed by atoms with Crippen LogP contribution in [0.25, 0.3) is 0 Å². The summed E-state index contributed by atoms with van der Waals surface area (Å²) in [7, 11) is 0. The molecular weight excluding hydrogens is 363 g/mol. The molecule has 1 heterocycles. The molecule has 0 radical (unpaired) electrons. The van der Waals surface area contributed by atoms with Crippen molar-refractivity contribution in [3.05, 3.63) is 57.3 Å². The Kier molecular flexibility index (Phi) is 5.82. The van der Waals surface area contributed by atoms with E-state index in [9.17, 15) is 9.59 Å². The van der Waals surface area contributed by atoms with Gasteiger partial charge in [0, 0.05) is 16.9 Å². The Morgan fingerprint density at radius 3 is 2.61 bits per heavy atom. The van der Waals surface area contributed by atoms with Gasteiger partial charge in [-0.3, -0.25) is 4.79 Å². The summed E-state index contributed by atoms with van der Waals surface area (Å²) in [6.07, 6.45) is 0.203. The number of benzene rings is 1. The summed E-state index contributed by atoms with van der Waals surface area (Å²) < 4.78 is 5.07. The molecular formula is C15H11Cl3N2O3. The standard InChI is InChI=1S/C15H11Cl3N2O3/c1-8(14(21)20-11-4-2-3-10(16)6-11)23-15(22)9-5-12(17)13(18)19-7-9/h2-8H,1H3,(H,20,21). The zero-order valence-corrected chi connectivity index (χ0v) is 14.1. The van der Waals surface area contributed by atoms with Crippen LogP contribution in [0.2, 0.25) is 15.2 Å². The van der Waals surface area contributed by atoms with Crippen LogP contribution >= 0.6 is 34.8 Å². The van der Waals surface area contributed by atoms with Crippen LogP contribution in [0.4, 0.5) is 5.69 Å². The molecule has 1 aromatic heterocycles. The van der Waals surface area contributed by atoms with E-state index >= 15 is 0 Å². The summed E-state index contributed by atoms with van der Waals surface area (Å²) in [6.45, 7) is 1.45. The fraction of sp³-hybridized carbons (Fsp3) is 0.133. The van der Waals surface area contributed by atoms with E-state index in [2.05, 4.69) is 10.3 Å². The molecule has 1 atom stereocenters. The van der Waals surface area contributed by atoms with Gasteiger partial charge in [-0.05, 0) is 31.2 Å². The lowest BCUT2D eigenvalue weighted by Crippen LogP contribution is -2.30. The maximum absolute atomic E-state index is 12.0. The molecule has 0 saturated carbocycles. The predicted octanol–water partition coefficient (Wildman–Crippen LogP) is 4.23. The lowest BCUT2D eigenvalue weighted by atomic mass is 10.2. The molecule has 0 fully saturated rings. The Balaban J connectivity index is 2.00. The van der Waals surface area contributed by atoms with E-state index in [1.807, 2.05) is 0 Å². The number of hydrogen-bond acceptors (Lipinski definition) is 4. The van der Waals surface area contributed by atoms with Crippen LogP contribution in [0.5, 0.6) is 0 Å². The minimum atomic E-state index is -1.02. The third-order valence-corrected chi connectivity index (χ3v) is 3.70. The van der Waals surface area contributed by atoms with E-state index < -0.39 is 18.0 Å². The summed E-state index contributed by atoms with van der Waals surface area (Å²) in [4.78, 5) is 27.7. The molecule has 2 aromatic rings. The molecule has 2 rings (SSSR count). The molecule has 1 aromatic carbocycles. The Morgan fingerprint density at radius 1 is 1.22 bits per heavy atom. The quantitative estimate of drug-likeness (QED) is 0.643. The summed E-state index contributed by atoms with van der Waals surface area (Å²) in [5.41, 5.74) is 0.600. The van der Waals surface area contributed by atoms with Gasteiger partial charge < -0.3 is 10.1 Å². The van der Waals surface area contributed by atoms with E-state index in [-0.39, 0.29) is 15.7 Å². The van der Waals surface area contributed by atoms with E-state index in [1.54, 1.807) is 24.3 Å². The number of aromatic nitrogens is 1. The first-order valence-corrected chi connectivity index (χ1v) is 7.58. The summed E-state index contributed by atoms with van der Waals surface area (Å²) in [6, 6.07) is 7.94. The fourth-order valence-electron chi connectivity index (χ4n) is 1.63. The molecule has 5 nitrogen and oxygen atoms in total. The Labute approximate surface area is 147 Å². The van der Waals surface area contributed by atoms with E-state index in [0.717, 1.165) is 0 Å². The molecule has 0 aliphatic carbocycles. The number of carbonyl (C=O) groups excluding carboxylic acids is 2. The summed E-state index contributed by atoms with van der Waals surface area (Å²) in [5.74, 6) is -1.22. The van der Waals surface area contributed by atoms with Crippen LogP contribution in [-0.4, -0.2) is 23.0 Å². The van der Waals surface area contributed by atoms with Crippen molar-refractivity contribution in [3.63, 3.8) is 0 Å². The van der Waals surface area contributed by atoms with Crippen LogP contribution in [0.15, 0.2) is 36.5 Å². The van der Waals surface area contributed by atoms with Gasteiger partial charge in [-0.1, -0.05) is 40.9 Å². The molecule has 0 spiro atoms. The minimum absolute atomic E-state index is 0.0787. The molecule has 0 aliphatic heterocycles. The van der Waals surface area contributed by atoms with E-state index in [1.165, 1.54) is 19.2 Å². The molecule has 120 valence electrons. The molecule has 23 heavy (non-hydrogen) atoms. The van der Waals surface area contributed by atoms with Crippen molar-refractivity contribution in [2.24, 2.45) is 0 Å². The molecule has 0 saturated heterocycles. The number of nitrogens with zero attached hydrogens (tertiary/aromatic N) is 1. The highest BCUT2D eigenvalue weighted by Gasteiger charge is 2.20. The second-order valence-corrected chi connectivity index (χ2v) is 5.75. The molecule has 1 unspecified atom stereocenters. The summed E-state index contributed by atoms with van der Waals surface area (Å²) >= 11 is 17.3. The number of anilines is 1. The lowest BCUT2D eigenvalue weighted by molar-refractivity contribution is -0.123. The van der Waals surface area contributed by atoms with Crippen LogP contribution in [0.1, 0.15) is 17.3 Å². The van der Waals surface area contributed by atoms with Gasteiger partial charge in [0.2, 0.25) is 0 Å². The van der Waals surface area contributed by atoms with Gasteiger partial charge in [0.25, 0.3) is 5.91 Å². The molecule has 0 bridgehead atoms. The number of ether oxygens (including phenoxy) is 1. The Hall–Kier alpha value is -1.82. The van der Waals surface area contributed by atoms with Gasteiger partial charge in [0.15, 0.2) is 6.10 Å². The SMILES string of the molecule is CC(OC(=O)c1cnc(Cl)c(Cl)c1)C(=O)Nc1cccc(Cl)c1. The van der Waals surface area contributed by atoms with Gasteiger partial charge in [0.05, 0.1) is 10.6 Å². The average molecular weight is 374 g/mol. The number of carbonyl (C=O) groups is 2. The normalized spacial score (nSPS) is 11.7. The third kappa shape index (κ3) is 4.82. The molecule has 1 N–H and O–H groups in total. The first-order chi connectivity index (χ1) is 10.9. The van der Waals surface area contributed by atoms with Gasteiger partial charge >= 0.3 is 5.97 Å². The Morgan fingerprint density at radius 2 is 1.96 bits per heavy atom. The topological polar surface area (TPSA) is 68.3 Å². The largest absolute Gasteiger partial charge is 0.449 e. The number of esters is 1. The highest BCUT2D eigenvalue weighted by Crippen LogP contribution is 2.20. The van der Waals surface area contributed by atoms with Gasteiger partial charge in [-0.2, -0.15) is 0 Å². The second-order valence-electron chi connectivity index (χ2n) is 4.54. The lowest BCUT2D eigenvalue weighted by Gasteiger charge is -2.13. The van der Waals surface area contributed by atoms with Gasteiger partial charge in [0.1, 0.15) is 5.15 Å². The number of rotatable bonds is 4. The zero-order valence-electron chi connectivity index (χ0n) is 11.8. The van der Waals surface area contributed by atoms with Crippen molar-refractivity contribution in [1.29, 1.82) is 0 Å². The Bertz CT molecular complexity index is 752. The maximum Gasteiger partial charge on any atom is 0.340 e. The van der Waals surface area contributed by atoms with Crippen molar-refractivity contribution < 1.29 is 14.3 Å². The molecule has 1 amide bonds. The van der Waals surface area contributed by atoms with Crippen molar-refractivity contribution >= 4 is 52.4 Å². The maximum atomic E-state index is 12.0. The first-order valence-electron chi connectivity index (χ1n) is 6.45. The monoisotopic (exact) mass is 372 g/mol. The zero-order chi connectivity index (χ0) is 17.0.